The van der Waals surface area contributed by atoms with Crippen molar-refractivity contribution in [3.05, 3.63) is 212 Å². The molecule has 2 aliphatic rings. The lowest BCUT2D eigenvalue weighted by Crippen LogP contribution is -2.19. The Labute approximate surface area is 341 Å². The van der Waals surface area contributed by atoms with Crippen molar-refractivity contribution in [2.45, 2.75) is 12.5 Å². The monoisotopic (exact) mass is 762 g/mol. The molecule has 0 radical (unpaired) electrons. The third-order valence-corrected chi connectivity index (χ3v) is 12.6. The summed E-state index contributed by atoms with van der Waals surface area (Å²) in [5.74, 6) is 0. The zero-order chi connectivity index (χ0) is 38.6. The van der Waals surface area contributed by atoms with Crippen molar-refractivity contribution in [2.75, 3.05) is 10.2 Å². The Hall–Kier alpha value is -7.21. The zero-order valence-corrected chi connectivity index (χ0v) is 32.5. The number of pyridine rings is 1. The van der Waals surface area contributed by atoms with Crippen LogP contribution in [0.1, 0.15) is 17.5 Å². The Morgan fingerprint density at radius 1 is 0.672 bits per heavy atom. The highest BCUT2D eigenvalue weighted by Crippen LogP contribution is 2.46. The first-order valence-electron chi connectivity index (χ1n) is 19.7. The summed E-state index contributed by atoms with van der Waals surface area (Å²) in [7, 11) is 0. The lowest BCUT2D eigenvalue weighted by molar-refractivity contribution is 0.897. The van der Waals surface area contributed by atoms with Gasteiger partial charge in [-0.2, -0.15) is 0 Å². The van der Waals surface area contributed by atoms with Crippen LogP contribution < -0.4 is 10.2 Å². The van der Waals surface area contributed by atoms with Gasteiger partial charge in [-0.15, -0.1) is 11.3 Å². The van der Waals surface area contributed by atoms with Gasteiger partial charge in [-0.3, -0.25) is 4.98 Å². The summed E-state index contributed by atoms with van der Waals surface area (Å²) in [4.78, 5) is 7.18. The van der Waals surface area contributed by atoms with E-state index in [4.69, 9.17) is 4.98 Å². The van der Waals surface area contributed by atoms with E-state index in [1.807, 2.05) is 23.6 Å². The second-order valence-electron chi connectivity index (χ2n) is 14.9. The van der Waals surface area contributed by atoms with Gasteiger partial charge in [0.05, 0.1) is 22.2 Å². The number of hydrogen-bond acceptors (Lipinski definition) is 4. The number of anilines is 3. The van der Waals surface area contributed by atoms with Crippen LogP contribution in [0.25, 0.3) is 70.1 Å². The third kappa shape index (κ3) is 5.78. The minimum absolute atomic E-state index is 0.179. The molecule has 0 spiro atoms. The molecule has 1 atom stereocenters. The average Bonchev–Trinajstić information content (AvgIpc) is 3.81. The molecule has 3 aromatic heterocycles. The lowest BCUT2D eigenvalue weighted by Gasteiger charge is -2.25. The molecule has 1 unspecified atom stereocenters. The quantitative estimate of drug-likeness (QED) is 0.183. The van der Waals surface area contributed by atoms with E-state index in [1.165, 1.54) is 42.4 Å². The third-order valence-electron chi connectivity index (χ3n) is 11.4. The molecule has 1 aliphatic carbocycles. The summed E-state index contributed by atoms with van der Waals surface area (Å²) in [5.41, 5.74) is 14.8. The number of hydrogen-bond donors (Lipinski definition) is 1. The Morgan fingerprint density at radius 3 is 2.41 bits per heavy atom. The largest absolute Gasteiger partial charge is 0.378 e. The van der Waals surface area contributed by atoms with E-state index in [2.05, 4.69) is 204 Å². The number of fused-ring (bicyclic) bond motifs is 8. The minimum atomic E-state index is 0.179. The van der Waals surface area contributed by atoms with Gasteiger partial charge >= 0.3 is 0 Å². The smallest absolute Gasteiger partial charge is 0.0964 e. The molecule has 1 N–H and O–H groups in total. The van der Waals surface area contributed by atoms with Gasteiger partial charge in [0.2, 0.25) is 0 Å². The molecule has 5 heteroatoms. The molecular formula is C53H38N4S. The minimum Gasteiger partial charge on any atom is -0.378 e. The van der Waals surface area contributed by atoms with Crippen molar-refractivity contribution in [3.8, 4) is 16.8 Å². The number of benzene rings is 6. The second-order valence-corrected chi connectivity index (χ2v) is 16.0. The van der Waals surface area contributed by atoms with Gasteiger partial charge in [-0.05, 0) is 101 Å². The Bertz CT molecular complexity index is 3200. The van der Waals surface area contributed by atoms with E-state index in [9.17, 15) is 0 Å². The Balaban J connectivity index is 0.961. The summed E-state index contributed by atoms with van der Waals surface area (Å²) < 4.78 is 4.82. The number of aromatic nitrogens is 2. The van der Waals surface area contributed by atoms with Gasteiger partial charge in [0.25, 0.3) is 0 Å². The first-order chi connectivity index (χ1) is 28.7. The molecule has 0 saturated carbocycles. The molecule has 4 heterocycles. The summed E-state index contributed by atoms with van der Waals surface area (Å²) in [6, 6.07) is 52.4. The number of nitrogens with one attached hydrogen (secondary N) is 1. The number of rotatable bonds is 6. The normalized spacial score (nSPS) is 16.3. The summed E-state index contributed by atoms with van der Waals surface area (Å²) in [6.45, 7) is 4.61. The molecule has 0 bridgehead atoms. The SMILES string of the molecule is C=C1/C=C\C=C/N(c2ccc3c(c2)c2ncccc2n3-c2ccccc2)c2ccc3c(sc4ccc(C5=CC=CC(Nc6ccccc6-c6ccccc6)C5)cc43)c21. The van der Waals surface area contributed by atoms with Crippen molar-refractivity contribution in [1.82, 2.24) is 9.55 Å². The average molecular weight is 763 g/mol. The van der Waals surface area contributed by atoms with Crippen molar-refractivity contribution in [2.24, 2.45) is 0 Å². The van der Waals surface area contributed by atoms with Gasteiger partial charge < -0.3 is 14.8 Å². The van der Waals surface area contributed by atoms with Crippen LogP contribution in [0.4, 0.5) is 17.1 Å². The first kappa shape index (κ1) is 34.1. The van der Waals surface area contributed by atoms with E-state index < -0.39 is 0 Å². The number of thiophene rings is 1. The molecule has 9 aromatic rings. The lowest BCUT2D eigenvalue weighted by atomic mass is 9.92. The zero-order valence-electron chi connectivity index (χ0n) is 31.7. The van der Waals surface area contributed by atoms with Crippen LogP contribution in [0.3, 0.4) is 0 Å². The number of nitrogens with zero attached hydrogens (tertiary/aromatic N) is 3. The van der Waals surface area contributed by atoms with Gasteiger partial charge in [0.15, 0.2) is 0 Å². The molecule has 58 heavy (non-hydrogen) atoms. The molecule has 0 saturated heterocycles. The summed E-state index contributed by atoms with van der Waals surface area (Å²) in [6.07, 6.45) is 18.0. The van der Waals surface area contributed by atoms with Crippen LogP contribution in [-0.2, 0) is 0 Å². The fourth-order valence-electron chi connectivity index (χ4n) is 8.74. The van der Waals surface area contributed by atoms with Crippen LogP contribution in [0, 0.1) is 0 Å². The fourth-order valence-corrected chi connectivity index (χ4v) is 10.00. The maximum Gasteiger partial charge on any atom is 0.0964 e. The van der Waals surface area contributed by atoms with Crippen molar-refractivity contribution < 1.29 is 0 Å². The molecule has 276 valence electrons. The highest BCUT2D eigenvalue weighted by atomic mass is 32.1. The van der Waals surface area contributed by atoms with Crippen LogP contribution in [0.15, 0.2) is 201 Å². The molecule has 0 amide bonds. The maximum absolute atomic E-state index is 4.88. The van der Waals surface area contributed by atoms with Crippen molar-refractivity contribution in [3.63, 3.8) is 0 Å². The number of allylic oxidation sites excluding steroid dienone is 6. The predicted molar refractivity (Wildman–Crippen MR) is 248 cm³/mol. The van der Waals surface area contributed by atoms with Gasteiger partial charge in [0, 0.05) is 72.2 Å². The fraction of sp³-hybridized carbons (Fsp3) is 0.0377. The van der Waals surface area contributed by atoms with Crippen LogP contribution in [0.5, 0.6) is 0 Å². The summed E-state index contributed by atoms with van der Waals surface area (Å²) in [5, 5.41) is 7.49. The second kappa shape index (κ2) is 14.1. The topological polar surface area (TPSA) is 33.1 Å². The molecule has 1 aliphatic heterocycles. The highest BCUT2D eigenvalue weighted by Gasteiger charge is 2.22. The maximum atomic E-state index is 4.88. The van der Waals surface area contributed by atoms with Gasteiger partial charge in [-0.1, -0.05) is 116 Å². The van der Waals surface area contributed by atoms with Crippen molar-refractivity contribution in [1.29, 1.82) is 0 Å². The molecule has 0 fully saturated rings. The molecular weight excluding hydrogens is 725 g/mol. The van der Waals surface area contributed by atoms with E-state index in [1.54, 1.807) is 0 Å². The Morgan fingerprint density at radius 2 is 1.52 bits per heavy atom. The van der Waals surface area contributed by atoms with E-state index in [0.29, 0.717) is 0 Å². The first-order valence-corrected chi connectivity index (χ1v) is 20.6. The van der Waals surface area contributed by atoms with Gasteiger partial charge in [0.1, 0.15) is 0 Å². The van der Waals surface area contributed by atoms with Crippen LogP contribution in [-0.4, -0.2) is 15.6 Å². The summed E-state index contributed by atoms with van der Waals surface area (Å²) >= 11 is 1.85. The standard InChI is InChI=1S/C53H38N4S/c1-35-14-10-11-31-56(41-25-27-47-45(34-41)52-49(23-13-30-54-52)57(47)40-19-6-3-7-20-40)48-28-26-43-44-33-38(24-29-50(44)58-53(43)51(35)48)37-17-12-18-39(32-37)55-46-22-9-8-21-42(46)36-15-4-2-5-16-36/h2-31,33-34,39,55H,1,32H2/b14-10-,31-11-. The highest BCUT2D eigenvalue weighted by molar-refractivity contribution is 7.26. The number of para-hydroxylation sites is 2. The van der Waals surface area contributed by atoms with E-state index in [-0.39, 0.29) is 6.04 Å². The van der Waals surface area contributed by atoms with E-state index >= 15 is 0 Å². The molecule has 11 rings (SSSR count). The molecule has 6 aromatic carbocycles. The van der Waals surface area contributed by atoms with Crippen LogP contribution >= 0.6 is 11.3 Å². The Kier molecular flexibility index (Phi) is 8.26. The van der Waals surface area contributed by atoms with Crippen molar-refractivity contribution >= 4 is 81.7 Å². The van der Waals surface area contributed by atoms with Crippen LogP contribution in [0.2, 0.25) is 0 Å². The van der Waals surface area contributed by atoms with Gasteiger partial charge in [-0.25, -0.2) is 0 Å². The molecule has 4 nitrogen and oxygen atoms in total. The predicted octanol–water partition coefficient (Wildman–Crippen LogP) is 14.3. The van der Waals surface area contributed by atoms with E-state index in [0.717, 1.165) is 62.2 Å².